The Hall–Kier alpha value is -0.700. The Balaban J connectivity index is 2.76. The van der Waals surface area contributed by atoms with Crippen LogP contribution in [-0.4, -0.2) is 19.5 Å². The summed E-state index contributed by atoms with van der Waals surface area (Å²) in [4.78, 5) is 0. The lowest BCUT2D eigenvalue weighted by Crippen LogP contribution is -1.96. The molecule has 0 atom stereocenters. The molecular weight excluding hydrogens is 256 g/mol. The molecule has 0 aromatic heterocycles. The first-order chi connectivity index (χ1) is 7.33. The maximum Gasteiger partial charge on any atom is 0.163 e. The summed E-state index contributed by atoms with van der Waals surface area (Å²) in [6.07, 6.45) is 3.38. The van der Waals surface area contributed by atoms with E-state index in [2.05, 4.69) is 22.0 Å². The van der Waals surface area contributed by atoms with Gasteiger partial charge in [0.05, 0.1) is 14.2 Å². The highest BCUT2D eigenvalue weighted by atomic mass is 79.9. The zero-order chi connectivity index (χ0) is 11.1. The van der Waals surface area contributed by atoms with Crippen molar-refractivity contribution in [2.75, 3.05) is 19.5 Å². The third-order valence-corrected chi connectivity index (χ3v) is 2.87. The number of alkyl halides is 1. The Kier molecular flexibility index (Phi) is 5.54. The standard InChI is InChI=1S/C12H17BrO2/c1-14-11-8-5-7-10(12(11)15-2)6-3-4-9-13/h5,7-8H,3-4,6,9H2,1-2H3. The predicted octanol–water partition coefficient (Wildman–Crippen LogP) is 3.42. The van der Waals surface area contributed by atoms with Gasteiger partial charge in [0.25, 0.3) is 0 Å². The lowest BCUT2D eigenvalue weighted by molar-refractivity contribution is 0.351. The van der Waals surface area contributed by atoms with Gasteiger partial charge in [-0.3, -0.25) is 0 Å². The number of hydrogen-bond acceptors (Lipinski definition) is 2. The molecule has 0 radical (unpaired) electrons. The van der Waals surface area contributed by atoms with Crippen LogP contribution in [0.25, 0.3) is 0 Å². The first-order valence-electron chi connectivity index (χ1n) is 5.09. The van der Waals surface area contributed by atoms with Crippen LogP contribution in [0.3, 0.4) is 0 Å². The second kappa shape index (κ2) is 6.72. The van der Waals surface area contributed by atoms with E-state index in [-0.39, 0.29) is 0 Å². The highest BCUT2D eigenvalue weighted by molar-refractivity contribution is 9.09. The SMILES string of the molecule is COc1cccc(CCCCBr)c1OC. The summed E-state index contributed by atoms with van der Waals surface area (Å²) >= 11 is 3.43. The third-order valence-electron chi connectivity index (χ3n) is 2.31. The van der Waals surface area contributed by atoms with E-state index in [4.69, 9.17) is 9.47 Å². The minimum atomic E-state index is 0.814. The molecule has 0 spiro atoms. The monoisotopic (exact) mass is 272 g/mol. The summed E-state index contributed by atoms with van der Waals surface area (Å²) in [7, 11) is 3.35. The molecule has 0 saturated carbocycles. The largest absolute Gasteiger partial charge is 0.493 e. The summed E-state index contributed by atoms with van der Waals surface area (Å²) < 4.78 is 10.6. The fraction of sp³-hybridized carbons (Fsp3) is 0.500. The summed E-state index contributed by atoms with van der Waals surface area (Å²) in [6, 6.07) is 6.02. The molecule has 1 rings (SSSR count). The first-order valence-corrected chi connectivity index (χ1v) is 6.21. The second-order valence-electron chi connectivity index (χ2n) is 3.30. The molecule has 15 heavy (non-hydrogen) atoms. The summed E-state index contributed by atoms with van der Waals surface area (Å²) in [5.74, 6) is 1.68. The normalized spacial score (nSPS) is 10.1. The van der Waals surface area contributed by atoms with Gasteiger partial charge in [-0.1, -0.05) is 28.1 Å². The van der Waals surface area contributed by atoms with E-state index < -0.39 is 0 Å². The number of rotatable bonds is 6. The number of aryl methyl sites for hydroxylation is 1. The number of benzene rings is 1. The molecule has 0 aliphatic rings. The van der Waals surface area contributed by atoms with Gasteiger partial charge in [-0.15, -0.1) is 0 Å². The molecule has 0 unspecified atom stereocenters. The minimum absolute atomic E-state index is 0.814. The molecule has 84 valence electrons. The Labute approximate surface area is 99.7 Å². The van der Waals surface area contributed by atoms with E-state index in [1.54, 1.807) is 14.2 Å². The van der Waals surface area contributed by atoms with Crippen LogP contribution in [0.2, 0.25) is 0 Å². The Morgan fingerprint density at radius 1 is 1.13 bits per heavy atom. The molecule has 0 aliphatic heterocycles. The van der Waals surface area contributed by atoms with E-state index in [1.807, 2.05) is 12.1 Å². The first kappa shape index (κ1) is 12.4. The van der Waals surface area contributed by atoms with E-state index >= 15 is 0 Å². The van der Waals surface area contributed by atoms with E-state index in [1.165, 1.54) is 12.0 Å². The van der Waals surface area contributed by atoms with Crippen molar-refractivity contribution in [3.63, 3.8) is 0 Å². The molecule has 0 bridgehead atoms. The van der Waals surface area contributed by atoms with Crippen molar-refractivity contribution in [1.82, 2.24) is 0 Å². The number of para-hydroxylation sites is 1. The smallest absolute Gasteiger partial charge is 0.163 e. The Bertz CT molecular complexity index is 300. The van der Waals surface area contributed by atoms with Gasteiger partial charge in [-0.05, 0) is 30.9 Å². The molecular formula is C12H17BrO2. The molecule has 0 aliphatic carbocycles. The number of ether oxygens (including phenoxy) is 2. The van der Waals surface area contributed by atoms with Crippen LogP contribution in [0.4, 0.5) is 0 Å². The van der Waals surface area contributed by atoms with Gasteiger partial charge in [-0.25, -0.2) is 0 Å². The van der Waals surface area contributed by atoms with Gasteiger partial charge in [0.15, 0.2) is 11.5 Å². The van der Waals surface area contributed by atoms with Crippen molar-refractivity contribution >= 4 is 15.9 Å². The topological polar surface area (TPSA) is 18.5 Å². The molecule has 0 saturated heterocycles. The molecule has 1 aromatic carbocycles. The molecule has 3 heteroatoms. The molecule has 0 heterocycles. The van der Waals surface area contributed by atoms with Crippen LogP contribution in [-0.2, 0) is 6.42 Å². The van der Waals surface area contributed by atoms with Gasteiger partial charge < -0.3 is 9.47 Å². The van der Waals surface area contributed by atoms with Crippen molar-refractivity contribution < 1.29 is 9.47 Å². The van der Waals surface area contributed by atoms with E-state index in [0.29, 0.717) is 0 Å². The van der Waals surface area contributed by atoms with Gasteiger partial charge >= 0.3 is 0 Å². The maximum absolute atomic E-state index is 5.36. The van der Waals surface area contributed by atoms with Crippen molar-refractivity contribution in [2.45, 2.75) is 19.3 Å². The summed E-state index contributed by atoms with van der Waals surface area (Å²) in [6.45, 7) is 0. The molecule has 0 N–H and O–H groups in total. The van der Waals surface area contributed by atoms with E-state index in [9.17, 15) is 0 Å². The van der Waals surface area contributed by atoms with Gasteiger partial charge in [-0.2, -0.15) is 0 Å². The average Bonchev–Trinajstić information content (AvgIpc) is 2.29. The van der Waals surface area contributed by atoms with E-state index in [0.717, 1.165) is 29.7 Å². The van der Waals surface area contributed by atoms with Crippen LogP contribution >= 0.6 is 15.9 Å². The van der Waals surface area contributed by atoms with Crippen molar-refractivity contribution in [3.8, 4) is 11.5 Å². The average molecular weight is 273 g/mol. The van der Waals surface area contributed by atoms with Crippen LogP contribution in [0.15, 0.2) is 18.2 Å². The van der Waals surface area contributed by atoms with Crippen LogP contribution in [0, 0.1) is 0 Å². The van der Waals surface area contributed by atoms with Gasteiger partial charge in [0.1, 0.15) is 0 Å². The lowest BCUT2D eigenvalue weighted by Gasteiger charge is -2.12. The Morgan fingerprint density at radius 2 is 1.93 bits per heavy atom. The number of halogens is 1. The predicted molar refractivity (Wildman–Crippen MR) is 66.3 cm³/mol. The van der Waals surface area contributed by atoms with Crippen molar-refractivity contribution in [2.24, 2.45) is 0 Å². The van der Waals surface area contributed by atoms with Gasteiger partial charge in [0.2, 0.25) is 0 Å². The quantitative estimate of drug-likeness (QED) is 0.584. The van der Waals surface area contributed by atoms with Crippen molar-refractivity contribution in [3.05, 3.63) is 23.8 Å². The lowest BCUT2D eigenvalue weighted by atomic mass is 10.1. The van der Waals surface area contributed by atoms with Crippen LogP contribution in [0.5, 0.6) is 11.5 Å². The summed E-state index contributed by atoms with van der Waals surface area (Å²) in [5, 5.41) is 1.05. The molecule has 0 amide bonds. The molecule has 2 nitrogen and oxygen atoms in total. The van der Waals surface area contributed by atoms with Crippen LogP contribution < -0.4 is 9.47 Å². The third kappa shape index (κ3) is 3.42. The summed E-state index contributed by atoms with van der Waals surface area (Å²) in [5.41, 5.74) is 1.22. The fourth-order valence-electron chi connectivity index (χ4n) is 1.56. The zero-order valence-corrected chi connectivity index (χ0v) is 10.8. The minimum Gasteiger partial charge on any atom is -0.493 e. The highest BCUT2D eigenvalue weighted by Crippen LogP contribution is 2.31. The maximum atomic E-state index is 5.36. The number of unbranched alkanes of at least 4 members (excludes halogenated alkanes) is 1. The Morgan fingerprint density at radius 3 is 2.53 bits per heavy atom. The number of hydrogen-bond donors (Lipinski definition) is 0. The van der Waals surface area contributed by atoms with Crippen molar-refractivity contribution in [1.29, 1.82) is 0 Å². The second-order valence-corrected chi connectivity index (χ2v) is 4.09. The molecule has 1 aromatic rings. The number of methoxy groups -OCH3 is 2. The van der Waals surface area contributed by atoms with Gasteiger partial charge in [0, 0.05) is 5.33 Å². The fourth-order valence-corrected chi connectivity index (χ4v) is 1.96. The molecule has 0 fully saturated rings. The zero-order valence-electron chi connectivity index (χ0n) is 9.25. The van der Waals surface area contributed by atoms with Crippen LogP contribution in [0.1, 0.15) is 18.4 Å². The highest BCUT2D eigenvalue weighted by Gasteiger charge is 2.08.